The van der Waals surface area contributed by atoms with Gasteiger partial charge in [-0.05, 0) is 52.4 Å². The zero-order valence-corrected chi connectivity index (χ0v) is 22.8. The Balaban J connectivity index is 1.37. The van der Waals surface area contributed by atoms with Crippen LogP contribution in [0.3, 0.4) is 0 Å². The first kappa shape index (κ1) is 28.0. The third-order valence-electron chi connectivity index (χ3n) is 6.08. The standard InChI is InChI=1S/C28H23ClN8O5/c1-41-28(40)32-21-9-5-8-20-25(21)42-34-26(20)33-27(39)22(14-17-6-3-2-4-7-17)31-24(38)13-10-18-15-19(29)11-12-23(18)37-16-30-35-36-37/h2-13,15-16,22H,14H2,1H3,(H,31,38)(H,32,40)(H,33,34,39)/t22-/m0/s1. The highest BCUT2D eigenvalue weighted by Gasteiger charge is 2.23. The summed E-state index contributed by atoms with van der Waals surface area (Å²) in [6, 6.07) is 18.2. The molecule has 2 aromatic heterocycles. The number of carbonyl (C=O) groups excluding carboxylic acids is 3. The summed E-state index contributed by atoms with van der Waals surface area (Å²) in [6.45, 7) is 0. The van der Waals surface area contributed by atoms with Crippen molar-refractivity contribution in [3.05, 3.63) is 95.3 Å². The Labute approximate surface area is 243 Å². The smallest absolute Gasteiger partial charge is 0.411 e. The summed E-state index contributed by atoms with van der Waals surface area (Å²) < 4.78 is 11.5. The summed E-state index contributed by atoms with van der Waals surface area (Å²) in [7, 11) is 1.24. The van der Waals surface area contributed by atoms with Crippen molar-refractivity contribution in [3.63, 3.8) is 0 Å². The average molecular weight is 587 g/mol. The second-order valence-corrected chi connectivity index (χ2v) is 9.30. The molecule has 42 heavy (non-hydrogen) atoms. The fourth-order valence-electron chi connectivity index (χ4n) is 4.10. The van der Waals surface area contributed by atoms with Gasteiger partial charge in [-0.1, -0.05) is 53.2 Å². The fraction of sp³-hybridized carbons (Fsp3) is 0.107. The lowest BCUT2D eigenvalue weighted by Gasteiger charge is -2.17. The molecule has 2 heterocycles. The lowest BCUT2D eigenvalue weighted by Crippen LogP contribution is -2.44. The number of carbonyl (C=O) groups is 3. The Hall–Kier alpha value is -5.56. The molecule has 0 aliphatic carbocycles. The van der Waals surface area contributed by atoms with Gasteiger partial charge >= 0.3 is 6.09 Å². The van der Waals surface area contributed by atoms with E-state index in [-0.39, 0.29) is 17.8 Å². The molecule has 13 nitrogen and oxygen atoms in total. The number of tetrazole rings is 1. The van der Waals surface area contributed by atoms with Crippen LogP contribution < -0.4 is 16.0 Å². The Bertz CT molecular complexity index is 1760. The molecule has 0 bridgehead atoms. The van der Waals surface area contributed by atoms with E-state index in [0.717, 1.165) is 5.56 Å². The predicted octanol–water partition coefficient (Wildman–Crippen LogP) is 4.01. The summed E-state index contributed by atoms with van der Waals surface area (Å²) >= 11 is 6.17. The van der Waals surface area contributed by atoms with E-state index in [2.05, 4.69) is 41.4 Å². The van der Waals surface area contributed by atoms with Crippen molar-refractivity contribution in [2.75, 3.05) is 17.7 Å². The van der Waals surface area contributed by atoms with Gasteiger partial charge in [0, 0.05) is 23.1 Å². The molecule has 14 heteroatoms. The molecule has 1 atom stereocenters. The molecule has 0 radical (unpaired) electrons. The number of ether oxygens (including phenoxy) is 1. The van der Waals surface area contributed by atoms with Crippen LogP contribution in [0.1, 0.15) is 11.1 Å². The first-order valence-corrected chi connectivity index (χ1v) is 12.9. The predicted molar refractivity (Wildman–Crippen MR) is 154 cm³/mol. The minimum Gasteiger partial charge on any atom is -0.453 e. The molecule has 5 aromatic rings. The molecule has 0 spiro atoms. The van der Waals surface area contributed by atoms with Crippen molar-refractivity contribution >= 4 is 58.1 Å². The van der Waals surface area contributed by atoms with Gasteiger partial charge in [0.2, 0.25) is 11.8 Å². The molecule has 0 aliphatic rings. The van der Waals surface area contributed by atoms with Crippen molar-refractivity contribution in [2.45, 2.75) is 12.5 Å². The minimum absolute atomic E-state index is 0.122. The number of methoxy groups -OCH3 is 1. The summed E-state index contributed by atoms with van der Waals surface area (Å²) in [6.07, 6.45) is 3.77. The number of rotatable bonds is 9. The van der Waals surface area contributed by atoms with Crippen LogP contribution in [-0.2, 0) is 20.7 Å². The van der Waals surface area contributed by atoms with E-state index in [1.54, 1.807) is 42.5 Å². The van der Waals surface area contributed by atoms with E-state index < -0.39 is 23.9 Å². The van der Waals surface area contributed by atoms with E-state index in [1.165, 1.54) is 24.2 Å². The zero-order valence-electron chi connectivity index (χ0n) is 22.0. The second-order valence-electron chi connectivity index (χ2n) is 8.86. The van der Waals surface area contributed by atoms with Crippen LogP contribution in [0.15, 0.2) is 83.7 Å². The second kappa shape index (κ2) is 12.7. The van der Waals surface area contributed by atoms with Crippen molar-refractivity contribution in [1.82, 2.24) is 30.7 Å². The van der Waals surface area contributed by atoms with Gasteiger partial charge in [-0.15, -0.1) is 5.10 Å². The number of hydrogen-bond donors (Lipinski definition) is 3. The molecular formula is C28H23ClN8O5. The van der Waals surface area contributed by atoms with Crippen LogP contribution in [0.4, 0.5) is 16.3 Å². The maximum absolute atomic E-state index is 13.5. The normalized spacial score (nSPS) is 11.8. The molecule has 3 amide bonds. The Kier molecular flexibility index (Phi) is 8.49. The highest BCUT2D eigenvalue weighted by Crippen LogP contribution is 2.29. The van der Waals surface area contributed by atoms with Gasteiger partial charge in [-0.2, -0.15) is 4.68 Å². The van der Waals surface area contributed by atoms with Gasteiger partial charge in [0.1, 0.15) is 12.4 Å². The number of hydrogen-bond acceptors (Lipinski definition) is 9. The highest BCUT2D eigenvalue weighted by atomic mass is 35.5. The van der Waals surface area contributed by atoms with Gasteiger partial charge in [0.25, 0.3) is 0 Å². The van der Waals surface area contributed by atoms with E-state index in [0.29, 0.717) is 27.3 Å². The molecule has 0 unspecified atom stereocenters. The number of nitrogens with zero attached hydrogens (tertiary/aromatic N) is 5. The van der Waals surface area contributed by atoms with Gasteiger partial charge in [-0.3, -0.25) is 14.9 Å². The van der Waals surface area contributed by atoms with Crippen molar-refractivity contribution in [2.24, 2.45) is 0 Å². The summed E-state index contributed by atoms with van der Waals surface area (Å²) in [5.41, 5.74) is 2.57. The Morgan fingerprint density at radius 1 is 1.07 bits per heavy atom. The first-order chi connectivity index (χ1) is 20.4. The Morgan fingerprint density at radius 3 is 2.67 bits per heavy atom. The molecule has 0 saturated heterocycles. The van der Waals surface area contributed by atoms with Gasteiger partial charge in [-0.25, -0.2) is 4.79 Å². The number of halogens is 1. The third kappa shape index (κ3) is 6.59. The fourth-order valence-corrected chi connectivity index (χ4v) is 4.28. The van der Waals surface area contributed by atoms with Crippen LogP contribution in [0, 0.1) is 0 Å². The maximum Gasteiger partial charge on any atom is 0.411 e. The molecule has 0 saturated carbocycles. The monoisotopic (exact) mass is 586 g/mol. The molecule has 0 fully saturated rings. The summed E-state index contributed by atoms with van der Waals surface area (Å²) in [4.78, 5) is 38.2. The zero-order chi connectivity index (χ0) is 29.5. The van der Waals surface area contributed by atoms with E-state index in [9.17, 15) is 14.4 Å². The SMILES string of the molecule is COC(=O)Nc1cccc2c(NC(=O)[C@H](Cc3ccccc3)NC(=O)C=Cc3cc(Cl)ccc3-n3cnnn3)noc12. The number of benzene rings is 3. The molecule has 5 rings (SSSR count). The third-order valence-corrected chi connectivity index (χ3v) is 6.31. The number of anilines is 2. The number of fused-ring (bicyclic) bond motifs is 1. The number of aromatic nitrogens is 5. The van der Waals surface area contributed by atoms with Gasteiger partial charge in [0.05, 0.1) is 23.9 Å². The topological polar surface area (TPSA) is 166 Å². The lowest BCUT2D eigenvalue weighted by atomic mass is 10.0. The number of nitrogens with one attached hydrogen (secondary N) is 3. The van der Waals surface area contributed by atoms with Crippen LogP contribution in [-0.4, -0.2) is 56.4 Å². The lowest BCUT2D eigenvalue weighted by molar-refractivity contribution is -0.123. The van der Waals surface area contributed by atoms with E-state index in [4.69, 9.17) is 16.1 Å². The molecule has 3 aromatic carbocycles. The van der Waals surface area contributed by atoms with Crippen molar-refractivity contribution in [1.29, 1.82) is 0 Å². The number of amides is 3. The highest BCUT2D eigenvalue weighted by molar-refractivity contribution is 6.30. The van der Waals surface area contributed by atoms with Gasteiger partial charge < -0.3 is 19.9 Å². The van der Waals surface area contributed by atoms with Crippen molar-refractivity contribution in [3.8, 4) is 5.69 Å². The average Bonchev–Trinajstić information content (AvgIpc) is 3.68. The summed E-state index contributed by atoms with van der Waals surface area (Å²) in [5.74, 6) is -0.932. The van der Waals surface area contributed by atoms with Crippen LogP contribution in [0.5, 0.6) is 0 Å². The first-order valence-electron chi connectivity index (χ1n) is 12.5. The number of para-hydroxylation sites is 1. The van der Waals surface area contributed by atoms with Crippen LogP contribution >= 0.6 is 11.6 Å². The molecule has 3 N–H and O–H groups in total. The minimum atomic E-state index is -0.981. The van der Waals surface area contributed by atoms with Gasteiger partial charge in [0.15, 0.2) is 11.4 Å². The molecular weight excluding hydrogens is 564 g/mol. The van der Waals surface area contributed by atoms with Crippen LogP contribution in [0.2, 0.25) is 5.02 Å². The largest absolute Gasteiger partial charge is 0.453 e. The quantitative estimate of drug-likeness (QED) is 0.216. The van der Waals surface area contributed by atoms with E-state index >= 15 is 0 Å². The maximum atomic E-state index is 13.5. The Morgan fingerprint density at radius 2 is 1.90 bits per heavy atom. The molecule has 212 valence electrons. The summed E-state index contributed by atoms with van der Waals surface area (Å²) in [5, 5.41) is 24.0. The van der Waals surface area contributed by atoms with E-state index in [1.807, 2.05) is 30.3 Å². The molecule has 0 aliphatic heterocycles. The van der Waals surface area contributed by atoms with Crippen LogP contribution in [0.25, 0.3) is 22.7 Å². The van der Waals surface area contributed by atoms with Crippen molar-refractivity contribution < 1.29 is 23.6 Å².